The van der Waals surface area contributed by atoms with Crippen LogP contribution in [0.2, 0.25) is 0 Å². The molecule has 0 fully saturated rings. The van der Waals surface area contributed by atoms with Crippen molar-refractivity contribution in [1.82, 2.24) is 0 Å². The normalized spacial score (nSPS) is 11.5. The van der Waals surface area contributed by atoms with Gasteiger partial charge in [-0.1, -0.05) is 18.1 Å². The molecular formula is C16H15F2NO2. The Morgan fingerprint density at radius 3 is 2.38 bits per heavy atom. The van der Waals surface area contributed by atoms with Gasteiger partial charge >= 0.3 is 0 Å². The fourth-order valence-corrected chi connectivity index (χ4v) is 1.87. The minimum atomic E-state index is -0.891. The summed E-state index contributed by atoms with van der Waals surface area (Å²) in [5, 5.41) is 12.1. The molecule has 0 aliphatic carbocycles. The molecule has 0 unspecified atom stereocenters. The van der Waals surface area contributed by atoms with E-state index in [1.807, 2.05) is 6.92 Å². The van der Waals surface area contributed by atoms with Gasteiger partial charge in [-0.25, -0.2) is 8.78 Å². The summed E-state index contributed by atoms with van der Waals surface area (Å²) in [6, 6.07) is 10.7. The van der Waals surface area contributed by atoms with Crippen molar-refractivity contribution >= 4 is 5.71 Å². The first-order chi connectivity index (χ1) is 10.1. The van der Waals surface area contributed by atoms with Crippen molar-refractivity contribution in [1.29, 1.82) is 0 Å². The highest BCUT2D eigenvalue weighted by Crippen LogP contribution is 2.16. The average Bonchev–Trinajstić information content (AvgIpc) is 2.51. The van der Waals surface area contributed by atoms with Crippen LogP contribution in [0.25, 0.3) is 0 Å². The minimum Gasteiger partial charge on any atom is -0.489 e. The number of hydrogen-bond donors (Lipinski definition) is 1. The van der Waals surface area contributed by atoms with Gasteiger partial charge in [-0.15, -0.1) is 0 Å². The topological polar surface area (TPSA) is 41.8 Å². The summed E-state index contributed by atoms with van der Waals surface area (Å²) in [6.07, 6.45) is 0.617. The Hall–Kier alpha value is -2.43. The summed E-state index contributed by atoms with van der Waals surface area (Å²) >= 11 is 0. The Morgan fingerprint density at radius 2 is 1.81 bits per heavy atom. The lowest BCUT2D eigenvalue weighted by atomic mass is 10.1. The van der Waals surface area contributed by atoms with E-state index in [9.17, 15) is 8.78 Å². The van der Waals surface area contributed by atoms with Crippen LogP contribution in [0.1, 0.15) is 24.5 Å². The van der Waals surface area contributed by atoms with Gasteiger partial charge in [0.15, 0.2) is 11.6 Å². The van der Waals surface area contributed by atoms with Gasteiger partial charge < -0.3 is 9.94 Å². The molecule has 0 atom stereocenters. The number of halogens is 2. The number of rotatable bonds is 5. The molecule has 0 aliphatic rings. The molecule has 0 amide bonds. The molecule has 1 N–H and O–H groups in total. The molecule has 2 rings (SSSR count). The maximum absolute atomic E-state index is 13.1. The SMILES string of the molecule is CC/C(=N/O)c1ccc(OCc2ccc(F)c(F)c2)cc1. The van der Waals surface area contributed by atoms with E-state index in [2.05, 4.69) is 5.16 Å². The second kappa shape index (κ2) is 6.83. The van der Waals surface area contributed by atoms with Crippen LogP contribution in [-0.4, -0.2) is 10.9 Å². The molecule has 5 heteroatoms. The van der Waals surface area contributed by atoms with Crippen LogP contribution in [0.4, 0.5) is 8.78 Å². The highest BCUT2D eigenvalue weighted by molar-refractivity contribution is 6.00. The predicted molar refractivity (Wildman–Crippen MR) is 75.7 cm³/mol. The Balaban J connectivity index is 2.02. The van der Waals surface area contributed by atoms with Gasteiger partial charge in [0.1, 0.15) is 12.4 Å². The largest absolute Gasteiger partial charge is 0.489 e. The Labute approximate surface area is 121 Å². The minimum absolute atomic E-state index is 0.144. The number of nitrogens with zero attached hydrogens (tertiary/aromatic N) is 1. The summed E-state index contributed by atoms with van der Waals surface area (Å²) in [6.45, 7) is 2.04. The van der Waals surface area contributed by atoms with E-state index in [1.54, 1.807) is 24.3 Å². The first-order valence-electron chi connectivity index (χ1n) is 6.52. The van der Waals surface area contributed by atoms with Crippen molar-refractivity contribution in [3.63, 3.8) is 0 Å². The predicted octanol–water partition coefficient (Wildman–Crippen LogP) is 4.13. The van der Waals surface area contributed by atoms with Crippen molar-refractivity contribution in [2.75, 3.05) is 0 Å². The molecule has 2 aromatic carbocycles. The molecule has 0 bridgehead atoms. The van der Waals surface area contributed by atoms with Crippen LogP contribution >= 0.6 is 0 Å². The lowest BCUT2D eigenvalue weighted by molar-refractivity contribution is 0.305. The van der Waals surface area contributed by atoms with Crippen molar-refractivity contribution in [2.45, 2.75) is 20.0 Å². The zero-order valence-electron chi connectivity index (χ0n) is 11.5. The van der Waals surface area contributed by atoms with Crippen LogP contribution in [0.5, 0.6) is 5.75 Å². The van der Waals surface area contributed by atoms with Crippen LogP contribution < -0.4 is 4.74 Å². The molecule has 0 heterocycles. The maximum atomic E-state index is 13.1. The van der Waals surface area contributed by atoms with Gasteiger partial charge in [0.05, 0.1) is 5.71 Å². The maximum Gasteiger partial charge on any atom is 0.159 e. The highest BCUT2D eigenvalue weighted by atomic mass is 19.2. The third kappa shape index (κ3) is 3.78. The summed E-state index contributed by atoms with van der Waals surface area (Å²) in [7, 11) is 0. The molecule has 2 aromatic rings. The van der Waals surface area contributed by atoms with Gasteiger partial charge in [0, 0.05) is 0 Å². The first-order valence-corrected chi connectivity index (χ1v) is 6.52. The molecule has 0 aliphatic heterocycles. The van der Waals surface area contributed by atoms with Crippen LogP contribution in [0.3, 0.4) is 0 Å². The third-order valence-corrected chi connectivity index (χ3v) is 3.03. The second-order valence-electron chi connectivity index (χ2n) is 4.46. The number of benzene rings is 2. The van der Waals surface area contributed by atoms with E-state index < -0.39 is 11.6 Å². The zero-order chi connectivity index (χ0) is 15.2. The van der Waals surface area contributed by atoms with Gasteiger partial charge in [0.2, 0.25) is 0 Å². The van der Waals surface area contributed by atoms with Gasteiger partial charge in [0.25, 0.3) is 0 Å². The summed E-state index contributed by atoms with van der Waals surface area (Å²) in [5.41, 5.74) is 1.94. The molecule has 21 heavy (non-hydrogen) atoms. The molecule has 0 saturated heterocycles. The summed E-state index contributed by atoms with van der Waals surface area (Å²) < 4.78 is 31.4. The van der Waals surface area contributed by atoms with Crippen LogP contribution in [0, 0.1) is 11.6 Å². The Bertz CT molecular complexity index is 639. The molecule has 3 nitrogen and oxygen atoms in total. The average molecular weight is 291 g/mol. The molecular weight excluding hydrogens is 276 g/mol. The van der Waals surface area contributed by atoms with Gasteiger partial charge in [-0.05, 0) is 53.9 Å². The molecule has 0 saturated carbocycles. The summed E-state index contributed by atoms with van der Waals surface area (Å²) in [5.74, 6) is -1.17. The quantitative estimate of drug-likeness (QED) is 0.511. The molecule has 0 radical (unpaired) electrons. The number of hydrogen-bond acceptors (Lipinski definition) is 3. The highest BCUT2D eigenvalue weighted by Gasteiger charge is 2.05. The van der Waals surface area contributed by atoms with E-state index in [1.165, 1.54) is 6.07 Å². The van der Waals surface area contributed by atoms with Crippen molar-refractivity contribution in [3.05, 3.63) is 65.2 Å². The smallest absolute Gasteiger partial charge is 0.159 e. The second-order valence-corrected chi connectivity index (χ2v) is 4.46. The fraction of sp³-hybridized carbons (Fsp3) is 0.188. The van der Waals surface area contributed by atoms with E-state index >= 15 is 0 Å². The fourth-order valence-electron chi connectivity index (χ4n) is 1.87. The third-order valence-electron chi connectivity index (χ3n) is 3.03. The Kier molecular flexibility index (Phi) is 4.87. The number of ether oxygens (including phenoxy) is 1. The van der Waals surface area contributed by atoms with Crippen molar-refractivity contribution in [3.8, 4) is 5.75 Å². The molecule has 110 valence electrons. The van der Waals surface area contributed by atoms with Crippen LogP contribution in [-0.2, 0) is 6.61 Å². The first kappa shape index (κ1) is 15.0. The van der Waals surface area contributed by atoms with E-state index in [0.29, 0.717) is 23.4 Å². The lowest BCUT2D eigenvalue weighted by Crippen LogP contribution is -2.00. The van der Waals surface area contributed by atoms with E-state index in [4.69, 9.17) is 9.94 Å². The summed E-state index contributed by atoms with van der Waals surface area (Å²) in [4.78, 5) is 0. The van der Waals surface area contributed by atoms with E-state index in [0.717, 1.165) is 17.7 Å². The molecule has 0 aromatic heterocycles. The molecule has 0 spiro atoms. The van der Waals surface area contributed by atoms with Crippen molar-refractivity contribution in [2.24, 2.45) is 5.16 Å². The monoisotopic (exact) mass is 291 g/mol. The lowest BCUT2D eigenvalue weighted by Gasteiger charge is -2.08. The van der Waals surface area contributed by atoms with Crippen molar-refractivity contribution < 1.29 is 18.7 Å². The standard InChI is InChI=1S/C16H15F2NO2/c1-2-16(19-20)12-4-6-13(7-5-12)21-10-11-3-8-14(17)15(18)9-11/h3-9,20H,2,10H2,1H3/b19-16-. The Morgan fingerprint density at radius 1 is 1.10 bits per heavy atom. The van der Waals surface area contributed by atoms with E-state index in [-0.39, 0.29) is 6.61 Å². The van der Waals surface area contributed by atoms with Crippen LogP contribution in [0.15, 0.2) is 47.6 Å². The van der Waals surface area contributed by atoms with Gasteiger partial charge in [-0.2, -0.15) is 0 Å². The zero-order valence-corrected chi connectivity index (χ0v) is 11.5. The van der Waals surface area contributed by atoms with Gasteiger partial charge in [-0.3, -0.25) is 0 Å². The number of oxime groups is 1.